The SMILES string of the molecule is Cc1ccccc1NCc1ccc(Cl)cc1Cl. The molecule has 0 saturated carbocycles. The van der Waals surface area contributed by atoms with Crippen molar-refractivity contribution in [2.45, 2.75) is 13.5 Å². The van der Waals surface area contributed by atoms with E-state index in [0.717, 1.165) is 11.3 Å². The van der Waals surface area contributed by atoms with Crippen molar-refractivity contribution in [3.8, 4) is 0 Å². The van der Waals surface area contributed by atoms with Crippen LogP contribution in [0.5, 0.6) is 0 Å². The first-order valence-corrected chi connectivity index (χ1v) is 6.16. The minimum atomic E-state index is 0.662. The number of para-hydroxylation sites is 1. The number of halogens is 2. The van der Waals surface area contributed by atoms with Crippen LogP contribution < -0.4 is 5.32 Å². The van der Waals surface area contributed by atoms with Gasteiger partial charge in [-0.3, -0.25) is 0 Å². The summed E-state index contributed by atoms with van der Waals surface area (Å²) < 4.78 is 0. The monoisotopic (exact) mass is 265 g/mol. The predicted molar refractivity (Wildman–Crippen MR) is 75.0 cm³/mol. The van der Waals surface area contributed by atoms with E-state index in [0.29, 0.717) is 16.6 Å². The van der Waals surface area contributed by atoms with Gasteiger partial charge in [-0.2, -0.15) is 0 Å². The van der Waals surface area contributed by atoms with Crippen LogP contribution in [0.15, 0.2) is 42.5 Å². The summed E-state index contributed by atoms with van der Waals surface area (Å²) in [6, 6.07) is 13.7. The fraction of sp³-hybridized carbons (Fsp3) is 0.143. The molecule has 3 heteroatoms. The summed E-state index contributed by atoms with van der Waals surface area (Å²) >= 11 is 12.0. The molecular weight excluding hydrogens is 253 g/mol. The van der Waals surface area contributed by atoms with E-state index in [-0.39, 0.29) is 0 Å². The molecule has 2 aromatic carbocycles. The Balaban J connectivity index is 2.10. The molecule has 0 heterocycles. The number of nitrogens with one attached hydrogen (secondary N) is 1. The summed E-state index contributed by atoms with van der Waals surface area (Å²) in [5.41, 5.74) is 3.38. The summed E-state index contributed by atoms with van der Waals surface area (Å²) in [6.07, 6.45) is 0. The number of anilines is 1. The Hall–Kier alpha value is -1.18. The lowest BCUT2D eigenvalue weighted by atomic mass is 10.2. The van der Waals surface area contributed by atoms with Gasteiger partial charge in [0.15, 0.2) is 0 Å². The van der Waals surface area contributed by atoms with Gasteiger partial charge in [-0.1, -0.05) is 47.5 Å². The zero-order valence-electron chi connectivity index (χ0n) is 9.50. The molecule has 0 aromatic heterocycles. The van der Waals surface area contributed by atoms with Gasteiger partial charge in [0.2, 0.25) is 0 Å². The molecule has 2 aromatic rings. The highest BCUT2D eigenvalue weighted by atomic mass is 35.5. The van der Waals surface area contributed by atoms with E-state index in [9.17, 15) is 0 Å². The molecule has 0 aliphatic carbocycles. The van der Waals surface area contributed by atoms with Crippen LogP contribution in [0.4, 0.5) is 5.69 Å². The second kappa shape index (κ2) is 5.44. The number of aryl methyl sites for hydroxylation is 1. The predicted octanol–water partition coefficient (Wildman–Crippen LogP) is 4.91. The minimum Gasteiger partial charge on any atom is -0.381 e. The van der Waals surface area contributed by atoms with Gasteiger partial charge in [0.1, 0.15) is 0 Å². The molecule has 0 fully saturated rings. The molecule has 17 heavy (non-hydrogen) atoms. The number of benzene rings is 2. The highest BCUT2D eigenvalue weighted by Crippen LogP contribution is 2.22. The van der Waals surface area contributed by atoms with Crippen LogP contribution in [0.2, 0.25) is 10.0 Å². The molecule has 2 rings (SSSR count). The van der Waals surface area contributed by atoms with E-state index in [4.69, 9.17) is 23.2 Å². The average Bonchev–Trinajstić information content (AvgIpc) is 2.30. The van der Waals surface area contributed by atoms with Gasteiger partial charge in [-0.25, -0.2) is 0 Å². The van der Waals surface area contributed by atoms with Crippen molar-refractivity contribution in [2.75, 3.05) is 5.32 Å². The van der Waals surface area contributed by atoms with E-state index in [2.05, 4.69) is 24.4 Å². The third-order valence-electron chi connectivity index (χ3n) is 2.63. The van der Waals surface area contributed by atoms with Crippen molar-refractivity contribution in [3.05, 3.63) is 63.6 Å². The first-order chi connectivity index (χ1) is 8.16. The molecule has 0 radical (unpaired) electrons. The van der Waals surface area contributed by atoms with Gasteiger partial charge >= 0.3 is 0 Å². The molecule has 0 atom stereocenters. The van der Waals surface area contributed by atoms with Crippen LogP contribution in [0.3, 0.4) is 0 Å². The van der Waals surface area contributed by atoms with Gasteiger partial charge in [-0.05, 0) is 36.2 Å². The first-order valence-electron chi connectivity index (χ1n) is 5.40. The summed E-state index contributed by atoms with van der Waals surface area (Å²) in [6.45, 7) is 2.77. The maximum absolute atomic E-state index is 6.11. The zero-order chi connectivity index (χ0) is 12.3. The highest BCUT2D eigenvalue weighted by Gasteiger charge is 2.02. The van der Waals surface area contributed by atoms with Gasteiger partial charge in [0, 0.05) is 22.3 Å². The lowest BCUT2D eigenvalue weighted by Gasteiger charge is -2.10. The van der Waals surface area contributed by atoms with Crippen molar-refractivity contribution < 1.29 is 0 Å². The Morgan fingerprint density at radius 3 is 2.53 bits per heavy atom. The molecule has 88 valence electrons. The molecule has 0 aliphatic heterocycles. The van der Waals surface area contributed by atoms with Crippen LogP contribution in [0.25, 0.3) is 0 Å². The van der Waals surface area contributed by atoms with Crippen molar-refractivity contribution >= 4 is 28.9 Å². The summed E-state index contributed by atoms with van der Waals surface area (Å²) in [5.74, 6) is 0. The average molecular weight is 266 g/mol. The standard InChI is InChI=1S/C14H13Cl2N/c1-10-4-2-3-5-14(10)17-9-11-6-7-12(15)8-13(11)16/h2-8,17H,9H2,1H3. The Bertz CT molecular complexity index is 523. The molecule has 0 amide bonds. The Morgan fingerprint density at radius 1 is 1.06 bits per heavy atom. The molecule has 1 nitrogen and oxygen atoms in total. The maximum atomic E-state index is 6.11. The normalized spacial score (nSPS) is 10.3. The van der Waals surface area contributed by atoms with E-state index in [1.807, 2.05) is 24.3 Å². The van der Waals surface area contributed by atoms with Crippen molar-refractivity contribution in [1.82, 2.24) is 0 Å². The largest absolute Gasteiger partial charge is 0.381 e. The first kappa shape index (κ1) is 12.3. The lowest BCUT2D eigenvalue weighted by Crippen LogP contribution is -2.01. The highest BCUT2D eigenvalue weighted by molar-refractivity contribution is 6.35. The van der Waals surface area contributed by atoms with Crippen molar-refractivity contribution in [2.24, 2.45) is 0 Å². The fourth-order valence-electron chi connectivity index (χ4n) is 1.63. The van der Waals surface area contributed by atoms with E-state index >= 15 is 0 Å². The Kier molecular flexibility index (Phi) is 3.93. The maximum Gasteiger partial charge on any atom is 0.0470 e. The fourth-order valence-corrected chi connectivity index (χ4v) is 2.10. The van der Waals surface area contributed by atoms with E-state index in [1.165, 1.54) is 5.56 Å². The molecule has 0 saturated heterocycles. The Morgan fingerprint density at radius 2 is 1.82 bits per heavy atom. The van der Waals surface area contributed by atoms with Gasteiger partial charge < -0.3 is 5.32 Å². The third-order valence-corrected chi connectivity index (χ3v) is 3.22. The summed E-state index contributed by atoms with van der Waals surface area (Å²) in [5, 5.41) is 4.72. The smallest absolute Gasteiger partial charge is 0.0470 e. The zero-order valence-corrected chi connectivity index (χ0v) is 11.0. The van der Waals surface area contributed by atoms with Crippen molar-refractivity contribution in [1.29, 1.82) is 0 Å². The van der Waals surface area contributed by atoms with Gasteiger partial charge in [-0.15, -0.1) is 0 Å². The molecule has 0 bridgehead atoms. The topological polar surface area (TPSA) is 12.0 Å². The van der Waals surface area contributed by atoms with Crippen LogP contribution in [0.1, 0.15) is 11.1 Å². The van der Waals surface area contributed by atoms with Gasteiger partial charge in [0.05, 0.1) is 0 Å². The van der Waals surface area contributed by atoms with Gasteiger partial charge in [0.25, 0.3) is 0 Å². The van der Waals surface area contributed by atoms with Crippen LogP contribution >= 0.6 is 23.2 Å². The van der Waals surface area contributed by atoms with Crippen LogP contribution in [-0.2, 0) is 6.54 Å². The lowest BCUT2D eigenvalue weighted by molar-refractivity contribution is 1.14. The third kappa shape index (κ3) is 3.15. The molecular formula is C14H13Cl2N. The minimum absolute atomic E-state index is 0.662. The number of hydrogen-bond donors (Lipinski definition) is 1. The van der Waals surface area contributed by atoms with Crippen LogP contribution in [0, 0.1) is 6.92 Å². The summed E-state index contributed by atoms with van der Waals surface area (Å²) in [7, 11) is 0. The van der Waals surface area contributed by atoms with Crippen LogP contribution in [-0.4, -0.2) is 0 Å². The molecule has 0 aliphatic rings. The number of rotatable bonds is 3. The van der Waals surface area contributed by atoms with E-state index < -0.39 is 0 Å². The second-order valence-corrected chi connectivity index (χ2v) is 4.75. The molecule has 0 spiro atoms. The Labute approximate surface area is 111 Å². The second-order valence-electron chi connectivity index (χ2n) is 3.90. The number of hydrogen-bond acceptors (Lipinski definition) is 1. The quantitative estimate of drug-likeness (QED) is 0.831. The molecule has 1 N–H and O–H groups in total. The molecule has 0 unspecified atom stereocenters. The van der Waals surface area contributed by atoms with Crippen molar-refractivity contribution in [3.63, 3.8) is 0 Å². The summed E-state index contributed by atoms with van der Waals surface area (Å²) in [4.78, 5) is 0. The van der Waals surface area contributed by atoms with E-state index in [1.54, 1.807) is 6.07 Å².